The first-order valence-electron chi connectivity index (χ1n) is 3.26. The molecule has 15 heteroatoms. The van der Waals surface area contributed by atoms with E-state index in [1.165, 1.54) is 0 Å². The third-order valence-corrected chi connectivity index (χ3v) is 8.21. The molecule has 0 saturated carbocycles. The average molecular weight is 319 g/mol. The Kier molecular flexibility index (Phi) is 3.88. The molecule has 11 nitrogen and oxygen atoms in total. The number of hydrogen-bond acceptors (Lipinski definition) is 10. The van der Waals surface area contributed by atoms with Crippen LogP contribution in [-0.4, -0.2) is 26.2 Å². The molecule has 1 saturated heterocycles. The van der Waals surface area contributed by atoms with Crippen LogP contribution in [0.25, 0.3) is 0 Å². The Morgan fingerprint density at radius 2 is 1.56 bits per heavy atom. The monoisotopic (exact) mass is 319 g/mol. The second kappa shape index (κ2) is 4.17. The lowest BCUT2D eigenvalue weighted by Crippen LogP contribution is -2.06. The minimum atomic E-state index is -5.08. The molecule has 0 spiro atoms. The maximum Gasteiger partial charge on any atom is 0.578 e. The van der Waals surface area contributed by atoms with Gasteiger partial charge in [0.2, 0.25) is 0 Å². The smallest absolute Gasteiger partial charge is 0.302 e. The highest BCUT2D eigenvalue weighted by molar-refractivity contribution is 7.79. The molecule has 0 aromatic carbocycles. The van der Waals surface area contributed by atoms with Crippen molar-refractivity contribution in [2.45, 2.75) is 0 Å². The summed E-state index contributed by atoms with van der Waals surface area (Å²) in [5, 5.41) is 0. The zero-order valence-electron chi connectivity index (χ0n) is 7.44. The van der Waals surface area contributed by atoms with Crippen LogP contribution in [0.1, 0.15) is 0 Å². The van der Waals surface area contributed by atoms with E-state index in [4.69, 9.17) is 19.6 Å². The van der Waals surface area contributed by atoms with Crippen LogP contribution in [0.4, 0.5) is 0 Å². The van der Waals surface area contributed by atoms with E-state index in [0.717, 1.165) is 0 Å². The van der Waals surface area contributed by atoms with Crippen LogP contribution in [0.15, 0.2) is 0 Å². The van der Waals surface area contributed by atoms with Crippen LogP contribution >= 0.6 is 31.4 Å². The Hall–Kier alpha value is 0.800. The quantitative estimate of drug-likeness (QED) is 0.529. The summed E-state index contributed by atoms with van der Waals surface area (Å²) in [5.41, 5.74) is 0. The third kappa shape index (κ3) is 4.58. The Morgan fingerprint density at radius 3 is 1.94 bits per heavy atom. The Labute approximate surface area is 89.4 Å². The molecule has 1 fully saturated rings. The highest BCUT2D eigenvalue weighted by atomic mass is 31.3. The largest absolute Gasteiger partial charge is 0.578 e. The molecule has 0 radical (unpaired) electrons. The molecule has 3 atom stereocenters. The van der Waals surface area contributed by atoms with Gasteiger partial charge in [0.1, 0.15) is 0 Å². The summed E-state index contributed by atoms with van der Waals surface area (Å²) in [5.74, 6) is 0. The Bertz CT molecular complexity index is 388. The molecular formula is CH7O11P4+. The Morgan fingerprint density at radius 1 is 1.06 bits per heavy atom. The zero-order valence-corrected chi connectivity index (χ0v) is 11.0. The number of hydrogen-bond donors (Lipinski definition) is 4. The maximum atomic E-state index is 11.4. The van der Waals surface area contributed by atoms with E-state index in [1.807, 2.05) is 0 Å². The molecule has 16 heavy (non-hydrogen) atoms. The lowest BCUT2D eigenvalue weighted by molar-refractivity contribution is 0.168. The summed E-state index contributed by atoms with van der Waals surface area (Å²) in [4.78, 5) is 34.1. The van der Waals surface area contributed by atoms with Crippen molar-refractivity contribution in [1.82, 2.24) is 0 Å². The van der Waals surface area contributed by atoms with Gasteiger partial charge in [0.15, 0.2) is 0 Å². The van der Waals surface area contributed by atoms with Gasteiger partial charge in [0.05, 0.1) is 0 Å². The summed E-state index contributed by atoms with van der Waals surface area (Å²) < 4.78 is 48.8. The van der Waals surface area contributed by atoms with Gasteiger partial charge in [-0.25, -0.2) is 17.8 Å². The van der Waals surface area contributed by atoms with Crippen LogP contribution in [0.3, 0.4) is 0 Å². The van der Waals surface area contributed by atoms with Gasteiger partial charge in [-0.15, -0.1) is 0 Å². The van der Waals surface area contributed by atoms with Crippen LogP contribution < -0.4 is 0 Å². The van der Waals surface area contributed by atoms with Gasteiger partial charge in [0, 0.05) is 6.66 Å². The van der Waals surface area contributed by atoms with Crippen molar-refractivity contribution in [3.8, 4) is 0 Å². The first-order chi connectivity index (χ1) is 6.83. The fourth-order valence-electron chi connectivity index (χ4n) is 0.704. The van der Waals surface area contributed by atoms with E-state index in [0.29, 0.717) is 6.66 Å². The van der Waals surface area contributed by atoms with E-state index in [9.17, 15) is 13.7 Å². The topological polar surface area (TPSA) is 169 Å². The first kappa shape index (κ1) is 14.9. The van der Waals surface area contributed by atoms with E-state index < -0.39 is 31.4 Å². The maximum absolute atomic E-state index is 11.4. The molecule has 3 unspecified atom stereocenters. The molecule has 96 valence electrons. The average Bonchev–Trinajstić information content (AvgIpc) is 1.66. The minimum Gasteiger partial charge on any atom is -0.302 e. The molecule has 4 N–H and O–H groups in total. The van der Waals surface area contributed by atoms with Gasteiger partial charge < -0.3 is 4.89 Å². The first-order valence-corrected chi connectivity index (χ1v) is 9.77. The number of phosphoric acid groups is 2. The van der Waals surface area contributed by atoms with Gasteiger partial charge in [-0.05, 0) is 4.31 Å². The summed E-state index contributed by atoms with van der Waals surface area (Å²) in [6.45, 7) is 0.667. The predicted octanol–water partition coefficient (Wildman–Crippen LogP) is 0.752. The van der Waals surface area contributed by atoms with Crippen molar-refractivity contribution in [3.05, 3.63) is 0 Å². The normalized spacial score (nSPS) is 45.6. The van der Waals surface area contributed by atoms with Crippen molar-refractivity contribution in [2.24, 2.45) is 0 Å². The lowest BCUT2D eigenvalue weighted by Gasteiger charge is -2.26. The van der Waals surface area contributed by atoms with Crippen molar-refractivity contribution in [3.63, 3.8) is 0 Å². The van der Waals surface area contributed by atoms with Gasteiger partial charge in [-0.1, -0.05) is 0 Å². The van der Waals surface area contributed by atoms with Gasteiger partial charge >= 0.3 is 31.4 Å². The molecule has 0 aromatic heterocycles. The van der Waals surface area contributed by atoms with Gasteiger partial charge in [0.25, 0.3) is 0 Å². The van der Waals surface area contributed by atoms with Gasteiger partial charge in [-0.3, -0.25) is 4.57 Å². The molecule has 1 heterocycles. The van der Waals surface area contributed by atoms with E-state index in [2.05, 4.69) is 17.2 Å². The molecular weight excluding hydrogens is 312 g/mol. The second-order valence-corrected chi connectivity index (χ2v) is 9.54. The molecule has 0 aromatic rings. The van der Waals surface area contributed by atoms with Crippen LogP contribution in [0.5, 0.6) is 0 Å². The van der Waals surface area contributed by atoms with Crippen LogP contribution in [0.2, 0.25) is 0 Å². The summed E-state index contributed by atoms with van der Waals surface area (Å²) in [7, 11) is -19.4. The highest BCUT2D eigenvalue weighted by Crippen LogP contribution is 2.83. The predicted molar refractivity (Wildman–Crippen MR) is 48.9 cm³/mol. The fraction of sp³-hybridized carbons (Fsp3) is 1.00. The highest BCUT2D eigenvalue weighted by Gasteiger charge is 2.59. The van der Waals surface area contributed by atoms with Crippen molar-refractivity contribution < 1.29 is 50.5 Å². The van der Waals surface area contributed by atoms with Crippen LogP contribution in [0, 0.1) is 0 Å². The van der Waals surface area contributed by atoms with Gasteiger partial charge in [-0.2, -0.15) is 19.0 Å². The lowest BCUT2D eigenvalue weighted by atomic mass is 12.0. The summed E-state index contributed by atoms with van der Waals surface area (Å²) in [6.07, 6.45) is 0. The van der Waals surface area contributed by atoms with Crippen molar-refractivity contribution in [2.75, 3.05) is 6.66 Å². The molecule has 1 aliphatic rings. The number of rotatable bonds is 2. The van der Waals surface area contributed by atoms with E-state index in [1.54, 1.807) is 0 Å². The standard InChI is InChI=1S/CH6O11P4/c1-13(2)9-15(6,7)12-16(8,10-13)11-14(3,4)5/h3-5H,1H3/p+1. The molecule has 0 bridgehead atoms. The fourth-order valence-corrected chi connectivity index (χ4v) is 7.68. The Balaban J connectivity index is 3.02. The molecule has 0 amide bonds. The van der Waals surface area contributed by atoms with Crippen LogP contribution in [-0.2, 0) is 30.9 Å². The summed E-state index contributed by atoms with van der Waals surface area (Å²) in [6, 6.07) is 0. The SMILES string of the molecule is CP1(=O)OP(=O)(O)OP(=O)(O[P+](O)(O)O)O1. The molecule has 1 rings (SSSR count). The van der Waals surface area contributed by atoms with Crippen molar-refractivity contribution >= 4 is 31.4 Å². The third-order valence-electron chi connectivity index (χ3n) is 0.913. The molecule has 0 aliphatic carbocycles. The van der Waals surface area contributed by atoms with Crippen molar-refractivity contribution in [1.29, 1.82) is 0 Å². The second-order valence-electron chi connectivity index (χ2n) is 2.53. The van der Waals surface area contributed by atoms with E-state index in [-0.39, 0.29) is 0 Å². The minimum absolute atomic E-state index is 0.667. The van der Waals surface area contributed by atoms with E-state index >= 15 is 0 Å². The zero-order chi connectivity index (χ0) is 12.8. The summed E-state index contributed by atoms with van der Waals surface area (Å²) >= 11 is 0. The molecule has 1 aliphatic heterocycles.